The van der Waals surface area contributed by atoms with Gasteiger partial charge in [-0.15, -0.1) is 0 Å². The van der Waals surface area contributed by atoms with Gasteiger partial charge in [0.15, 0.2) is 0 Å². The monoisotopic (exact) mass is 621 g/mol. The van der Waals surface area contributed by atoms with Crippen molar-refractivity contribution in [2.24, 2.45) is 5.41 Å². The molecule has 9 heteroatoms. The Hall–Kier alpha value is -3.98. The number of esters is 1. The summed E-state index contributed by atoms with van der Waals surface area (Å²) in [6.45, 7) is 9.67. The fourth-order valence-corrected chi connectivity index (χ4v) is 6.78. The molecule has 1 aromatic heterocycles. The molecule has 1 heterocycles. The number of hydrogen-bond acceptors (Lipinski definition) is 5. The number of benzene rings is 2. The van der Waals surface area contributed by atoms with E-state index < -0.39 is 41.0 Å². The van der Waals surface area contributed by atoms with Gasteiger partial charge in [-0.3, -0.25) is 9.59 Å². The Kier molecular flexibility index (Phi) is 8.46. The predicted molar refractivity (Wildman–Crippen MR) is 166 cm³/mol. The second kappa shape index (κ2) is 11.7. The summed E-state index contributed by atoms with van der Waals surface area (Å²) < 4.78 is 53.4. The largest absolute Gasteiger partial charge is 0.460 e. The number of rotatable bonds is 8. The Morgan fingerprint density at radius 3 is 2.36 bits per heavy atom. The molecule has 5 rings (SSSR count). The number of hydrogen-bond donors (Lipinski definition) is 1. The highest BCUT2D eigenvalue weighted by atomic mass is 19.4. The molecule has 3 aromatic rings. The number of halogens is 3. The van der Waals surface area contributed by atoms with Crippen molar-refractivity contribution in [2.45, 2.75) is 84.6 Å². The van der Waals surface area contributed by atoms with Gasteiger partial charge in [0.25, 0.3) is 5.60 Å². The predicted octanol–water partition coefficient (Wildman–Crippen LogP) is 8.20. The van der Waals surface area contributed by atoms with Crippen LogP contribution in [0.3, 0.4) is 0 Å². The molecule has 1 N–H and O–H groups in total. The van der Waals surface area contributed by atoms with Gasteiger partial charge in [-0.05, 0) is 75.1 Å². The minimum atomic E-state index is -5.12. The number of fused-ring (bicyclic) bond motifs is 3. The summed E-state index contributed by atoms with van der Waals surface area (Å²) in [6, 6.07) is 12.4. The summed E-state index contributed by atoms with van der Waals surface area (Å²) in [4.78, 5) is 43.0. The van der Waals surface area contributed by atoms with Crippen LogP contribution in [0.2, 0.25) is 0 Å². The number of H-pyrrole nitrogens is 1. The van der Waals surface area contributed by atoms with E-state index in [1.165, 1.54) is 43.2 Å². The molecule has 0 aliphatic heterocycles. The molecule has 2 aliphatic rings. The number of nitrogens with one attached hydrogen (secondary N) is 1. The first-order chi connectivity index (χ1) is 21.1. The lowest BCUT2D eigenvalue weighted by Gasteiger charge is -2.33. The van der Waals surface area contributed by atoms with Crippen molar-refractivity contribution in [3.63, 3.8) is 0 Å². The van der Waals surface area contributed by atoms with E-state index in [1.807, 2.05) is 18.2 Å². The van der Waals surface area contributed by atoms with E-state index in [0.29, 0.717) is 22.2 Å². The summed E-state index contributed by atoms with van der Waals surface area (Å²) in [7, 11) is 0.808. The van der Waals surface area contributed by atoms with Gasteiger partial charge < -0.3 is 14.5 Å². The number of aromatic nitrogens is 1. The molecule has 0 spiro atoms. The molecule has 2 atom stereocenters. The maximum Gasteiger partial charge on any atom is 0.432 e. The zero-order valence-corrected chi connectivity index (χ0v) is 26.4. The molecule has 6 nitrogen and oxygen atoms in total. The average Bonchev–Trinajstić information content (AvgIpc) is 3.34. The van der Waals surface area contributed by atoms with Crippen LogP contribution in [0.4, 0.5) is 13.2 Å². The molecule has 2 aliphatic carbocycles. The lowest BCUT2D eigenvalue weighted by atomic mass is 9.73. The Bertz CT molecular complexity index is 1750. The van der Waals surface area contributed by atoms with Crippen LogP contribution in [0.5, 0.6) is 0 Å². The highest BCUT2D eigenvalue weighted by Gasteiger charge is 2.64. The molecule has 45 heavy (non-hydrogen) atoms. The Morgan fingerprint density at radius 1 is 1.04 bits per heavy atom. The number of ketones is 2. The quantitative estimate of drug-likeness (QED) is 0.156. The van der Waals surface area contributed by atoms with E-state index >= 15 is 0 Å². The van der Waals surface area contributed by atoms with E-state index in [1.54, 1.807) is 0 Å². The number of ether oxygens (including phenoxy) is 2. The summed E-state index contributed by atoms with van der Waals surface area (Å²) in [5.41, 5.74) is 2.19. The number of carbonyl (C=O) groups excluding carboxylic acids is 3. The summed E-state index contributed by atoms with van der Waals surface area (Å²) in [5, 5.41) is 0.615. The second-order valence-electron chi connectivity index (χ2n) is 13.1. The smallest absolute Gasteiger partial charge is 0.432 e. The Labute approximate surface area is 260 Å². The van der Waals surface area contributed by atoms with Crippen LogP contribution < -0.4 is 0 Å². The zero-order chi connectivity index (χ0) is 32.9. The molecular weight excluding hydrogens is 583 g/mol. The van der Waals surface area contributed by atoms with Gasteiger partial charge in [-0.1, -0.05) is 61.4 Å². The van der Waals surface area contributed by atoms with Gasteiger partial charge in [0.1, 0.15) is 6.10 Å². The van der Waals surface area contributed by atoms with Crippen LogP contribution in [0, 0.1) is 5.41 Å². The van der Waals surface area contributed by atoms with Crippen LogP contribution in [-0.2, 0) is 31.1 Å². The molecule has 2 aromatic carbocycles. The summed E-state index contributed by atoms with van der Waals surface area (Å²) >= 11 is 0. The average molecular weight is 622 g/mol. The third-order valence-electron chi connectivity index (χ3n) is 9.23. The van der Waals surface area contributed by atoms with Gasteiger partial charge in [0.05, 0.1) is 11.3 Å². The molecule has 238 valence electrons. The second-order valence-corrected chi connectivity index (χ2v) is 13.1. The SMILES string of the molecule is CO[C@@](C(=O)O[C@H](C)CC1=C(C)C(=O)C(=O)c2c1[nH]c1ccc(CC3=C(C)CC(C)(C)CC3)cc21)(c1ccccc1)C(F)(F)F. The molecule has 0 saturated carbocycles. The minimum Gasteiger partial charge on any atom is -0.460 e. The molecular formula is C36H38F3NO5. The van der Waals surface area contributed by atoms with E-state index in [0.717, 1.165) is 50.5 Å². The van der Waals surface area contributed by atoms with Crippen molar-refractivity contribution in [2.75, 3.05) is 7.11 Å². The maximum atomic E-state index is 14.4. The number of allylic oxidation sites excluding steroid dienone is 3. The molecule has 0 unspecified atom stereocenters. The standard InChI is InChI=1S/C36H38F3NO5/c1-20-19-34(4,5)15-14-24(20)17-23-12-13-28-27(18-23)29-30(40-28)26(22(3)31(41)32(29)42)16-21(2)45-33(43)35(44-6,36(37,38)39)25-10-8-7-9-11-25/h7-13,18,21,40H,14-17,19H2,1-6H3/t21-,35-/m1/s1. The normalized spacial score (nSPS) is 19.0. The summed E-state index contributed by atoms with van der Waals surface area (Å²) in [5.74, 6) is -2.96. The fraction of sp³-hybridized carbons (Fsp3) is 0.417. The number of methoxy groups -OCH3 is 1. The first kappa shape index (κ1) is 32.4. The van der Waals surface area contributed by atoms with Crippen molar-refractivity contribution in [1.29, 1.82) is 0 Å². The molecule has 0 radical (unpaired) electrons. The maximum absolute atomic E-state index is 14.4. The van der Waals surface area contributed by atoms with Crippen LogP contribution in [0.15, 0.2) is 65.3 Å². The topological polar surface area (TPSA) is 85.5 Å². The Morgan fingerprint density at radius 2 is 1.73 bits per heavy atom. The lowest BCUT2D eigenvalue weighted by molar-refractivity contribution is -0.277. The van der Waals surface area contributed by atoms with Gasteiger partial charge in [-0.25, -0.2) is 4.79 Å². The van der Waals surface area contributed by atoms with Gasteiger partial charge in [0, 0.05) is 35.6 Å². The first-order valence-corrected chi connectivity index (χ1v) is 15.1. The molecule has 0 fully saturated rings. The van der Waals surface area contributed by atoms with E-state index in [2.05, 4.69) is 25.8 Å². The minimum absolute atomic E-state index is 0.0996. The number of alkyl halides is 3. The molecule has 0 amide bonds. The van der Waals surface area contributed by atoms with Gasteiger partial charge in [0.2, 0.25) is 11.6 Å². The number of aromatic amines is 1. The Balaban J connectivity index is 1.46. The van der Waals surface area contributed by atoms with E-state index in [4.69, 9.17) is 9.47 Å². The van der Waals surface area contributed by atoms with Crippen molar-refractivity contribution in [1.82, 2.24) is 4.98 Å². The van der Waals surface area contributed by atoms with Crippen LogP contribution in [-0.4, -0.2) is 41.9 Å². The van der Waals surface area contributed by atoms with Crippen LogP contribution in [0.25, 0.3) is 16.5 Å². The highest BCUT2D eigenvalue weighted by Crippen LogP contribution is 2.44. The van der Waals surface area contributed by atoms with Crippen molar-refractivity contribution in [3.05, 3.63) is 87.6 Å². The molecule has 0 bridgehead atoms. The van der Waals surface area contributed by atoms with Gasteiger partial charge >= 0.3 is 12.1 Å². The van der Waals surface area contributed by atoms with E-state index in [-0.39, 0.29) is 23.0 Å². The third kappa shape index (κ3) is 5.78. The lowest BCUT2D eigenvalue weighted by Crippen LogP contribution is -2.52. The third-order valence-corrected chi connectivity index (χ3v) is 9.23. The van der Waals surface area contributed by atoms with Crippen LogP contribution in [0.1, 0.15) is 87.5 Å². The van der Waals surface area contributed by atoms with Crippen LogP contribution >= 0.6 is 0 Å². The van der Waals surface area contributed by atoms with E-state index in [9.17, 15) is 27.6 Å². The summed E-state index contributed by atoms with van der Waals surface area (Å²) in [6.07, 6.45) is -2.42. The number of Topliss-reactive ketones (excluding diaryl/α,β-unsaturated/α-hetero) is 2. The van der Waals surface area contributed by atoms with Gasteiger partial charge in [-0.2, -0.15) is 13.2 Å². The van der Waals surface area contributed by atoms with Crippen molar-refractivity contribution < 1.29 is 37.0 Å². The zero-order valence-electron chi connectivity index (χ0n) is 26.4. The first-order valence-electron chi connectivity index (χ1n) is 15.1. The highest BCUT2D eigenvalue weighted by molar-refractivity contribution is 6.54. The fourth-order valence-electron chi connectivity index (χ4n) is 6.78. The van der Waals surface area contributed by atoms with Crippen molar-refractivity contribution >= 4 is 34.0 Å². The number of carbonyl (C=O) groups is 3. The molecule has 0 saturated heterocycles. The van der Waals surface area contributed by atoms with Crippen molar-refractivity contribution in [3.8, 4) is 0 Å².